The zero-order valence-corrected chi connectivity index (χ0v) is 33.0. The van der Waals surface area contributed by atoms with E-state index in [0.717, 1.165) is 6.42 Å². The Bertz CT molecular complexity index is 1230. The van der Waals surface area contributed by atoms with E-state index in [9.17, 15) is 0 Å². The first-order chi connectivity index (χ1) is 18.9. The summed E-state index contributed by atoms with van der Waals surface area (Å²) in [5, 5.41) is 0. The minimum absolute atomic E-state index is 0.0223. The number of hydrogen-bond donors (Lipinski definition) is 0. The van der Waals surface area contributed by atoms with E-state index in [2.05, 4.69) is 170 Å². The van der Waals surface area contributed by atoms with Gasteiger partial charge in [0.15, 0.2) is 0 Å². The topological polar surface area (TPSA) is 0 Å². The summed E-state index contributed by atoms with van der Waals surface area (Å²) in [7, 11) is 0. The molecule has 0 saturated heterocycles. The quantitative estimate of drug-likeness (QED) is 0.212. The maximum atomic E-state index is 2.63. The summed E-state index contributed by atoms with van der Waals surface area (Å²) in [5.74, 6) is 0.509. The van der Waals surface area contributed by atoms with Gasteiger partial charge in [0.1, 0.15) is 0 Å². The van der Waals surface area contributed by atoms with Crippen LogP contribution >= 0.6 is 0 Å². The van der Waals surface area contributed by atoms with Crippen molar-refractivity contribution in [2.75, 3.05) is 0 Å². The Kier molecular flexibility index (Phi) is 10.1. The minimum atomic E-state index is 0.0223. The molecule has 2 unspecified atom stereocenters. The molecule has 0 aliphatic heterocycles. The summed E-state index contributed by atoms with van der Waals surface area (Å²) >= 11 is 0. The molecule has 0 heteroatoms. The second-order valence-corrected chi connectivity index (χ2v) is 19.9. The average Bonchev–Trinajstić information content (AvgIpc) is 3.36. The zero-order valence-electron chi connectivity index (χ0n) is 33.0. The van der Waals surface area contributed by atoms with Crippen LogP contribution in [0.4, 0.5) is 0 Å². The third kappa shape index (κ3) is 6.94. The van der Waals surface area contributed by atoms with Crippen LogP contribution in [0.2, 0.25) is 0 Å². The van der Waals surface area contributed by atoms with Crippen LogP contribution in [0.5, 0.6) is 0 Å². The molecule has 246 valence electrons. The van der Waals surface area contributed by atoms with E-state index in [1.54, 1.807) is 11.1 Å². The van der Waals surface area contributed by atoms with Crippen molar-refractivity contribution in [3.05, 3.63) is 57.7 Å². The number of benzene rings is 1. The molecule has 1 fully saturated rings. The Labute approximate surface area is 271 Å². The lowest BCUT2D eigenvalue weighted by molar-refractivity contribution is 0.0484. The van der Waals surface area contributed by atoms with E-state index in [-0.39, 0.29) is 37.9 Å². The molecule has 0 spiro atoms. The van der Waals surface area contributed by atoms with Crippen LogP contribution in [0.1, 0.15) is 187 Å². The van der Waals surface area contributed by atoms with Crippen molar-refractivity contribution in [3.63, 3.8) is 0 Å². The van der Waals surface area contributed by atoms with Crippen molar-refractivity contribution >= 4 is 0 Å². The fourth-order valence-corrected chi connectivity index (χ4v) is 8.30. The van der Waals surface area contributed by atoms with E-state index in [1.807, 2.05) is 0 Å². The van der Waals surface area contributed by atoms with E-state index in [0.29, 0.717) is 11.3 Å². The lowest BCUT2D eigenvalue weighted by atomic mass is 9.53. The molecule has 0 radical (unpaired) electrons. The van der Waals surface area contributed by atoms with Gasteiger partial charge in [-0.2, -0.15) is 0 Å². The van der Waals surface area contributed by atoms with E-state index >= 15 is 0 Å². The van der Waals surface area contributed by atoms with Crippen molar-refractivity contribution in [2.24, 2.45) is 32.5 Å². The second kappa shape index (κ2) is 11.5. The van der Waals surface area contributed by atoms with E-state index < -0.39 is 0 Å². The number of allylic oxidation sites excluding steroid dienone is 4. The molecule has 2 rings (SSSR count). The third-order valence-corrected chi connectivity index (χ3v) is 14.1. The van der Waals surface area contributed by atoms with Crippen LogP contribution in [0.15, 0.2) is 41.0 Å². The Morgan fingerprint density at radius 1 is 0.744 bits per heavy atom. The van der Waals surface area contributed by atoms with Crippen molar-refractivity contribution in [1.82, 2.24) is 0 Å². The molecule has 0 N–H and O–H groups in total. The first kappa shape index (κ1) is 37.9. The van der Waals surface area contributed by atoms with Crippen molar-refractivity contribution in [2.45, 2.75) is 181 Å². The molecule has 0 bridgehead atoms. The standard InChI is InChI=1S/C43H74/c1-29(2)25-36(8,9)37(10,11)26-38(12,13)41(18,19)34-22-33(31(5)6)23-35(24-34)43(21)28-42(43,20)27-39(14,15)40(16,17)32(7)30(3)4/h22-25,31H,26-28H2,1-21H3. The summed E-state index contributed by atoms with van der Waals surface area (Å²) in [5.41, 5.74) is 10.3. The predicted molar refractivity (Wildman–Crippen MR) is 195 cm³/mol. The van der Waals surface area contributed by atoms with Gasteiger partial charge in [-0.05, 0) is 120 Å². The maximum Gasteiger partial charge on any atom is -0.00153 e. The van der Waals surface area contributed by atoms with Gasteiger partial charge in [-0.15, -0.1) is 0 Å². The fraction of sp³-hybridized carbons (Fsp3) is 0.767. The van der Waals surface area contributed by atoms with Crippen LogP contribution in [0.25, 0.3) is 0 Å². The first-order valence-electron chi connectivity index (χ1n) is 17.4. The normalized spacial score (nSPS) is 22.1. The Morgan fingerprint density at radius 3 is 1.70 bits per heavy atom. The molecule has 1 aliphatic carbocycles. The van der Waals surface area contributed by atoms with Gasteiger partial charge < -0.3 is 0 Å². The van der Waals surface area contributed by atoms with Crippen LogP contribution in [-0.2, 0) is 10.8 Å². The monoisotopic (exact) mass is 591 g/mol. The van der Waals surface area contributed by atoms with Crippen molar-refractivity contribution < 1.29 is 0 Å². The number of rotatable bonds is 12. The SMILES string of the molecule is CC(C)=CC(C)(C)C(C)(C)CC(C)(C)C(C)(C)c1cc(C(C)C)cc(C2(C)CC2(C)CC(C)(C)C(C)(C)C(C)=C(C)C)c1. The van der Waals surface area contributed by atoms with Gasteiger partial charge in [-0.1, -0.05) is 152 Å². The molecule has 1 saturated carbocycles. The van der Waals surface area contributed by atoms with Crippen LogP contribution in [0, 0.1) is 32.5 Å². The van der Waals surface area contributed by atoms with Gasteiger partial charge in [0.25, 0.3) is 0 Å². The molecule has 0 aromatic heterocycles. The molecule has 1 aromatic rings. The van der Waals surface area contributed by atoms with E-state index in [4.69, 9.17) is 0 Å². The second-order valence-electron chi connectivity index (χ2n) is 19.9. The summed E-state index contributed by atoms with van der Waals surface area (Å²) < 4.78 is 0. The van der Waals surface area contributed by atoms with E-state index in [1.165, 1.54) is 35.1 Å². The highest BCUT2D eigenvalue weighted by Crippen LogP contribution is 2.70. The largest absolute Gasteiger partial charge is 0.0799 e. The lowest BCUT2D eigenvalue weighted by Crippen LogP contribution is -2.44. The molecular formula is C43H74. The number of hydrogen-bond acceptors (Lipinski definition) is 0. The summed E-state index contributed by atoms with van der Waals surface area (Å²) in [4.78, 5) is 0. The Balaban J connectivity index is 2.59. The predicted octanol–water partition coefficient (Wildman–Crippen LogP) is 14.0. The Hall–Kier alpha value is -1.30. The van der Waals surface area contributed by atoms with Gasteiger partial charge in [0, 0.05) is 0 Å². The molecule has 1 aromatic carbocycles. The first-order valence-corrected chi connectivity index (χ1v) is 17.4. The van der Waals surface area contributed by atoms with Crippen LogP contribution < -0.4 is 0 Å². The van der Waals surface area contributed by atoms with Crippen molar-refractivity contribution in [1.29, 1.82) is 0 Å². The molecule has 0 nitrogen and oxygen atoms in total. The lowest BCUT2D eigenvalue weighted by Gasteiger charge is -2.51. The van der Waals surface area contributed by atoms with Crippen LogP contribution in [-0.4, -0.2) is 0 Å². The summed E-state index contributed by atoms with van der Waals surface area (Å²) in [6.07, 6.45) is 6.15. The van der Waals surface area contributed by atoms with Gasteiger partial charge in [-0.3, -0.25) is 0 Å². The van der Waals surface area contributed by atoms with Crippen LogP contribution in [0.3, 0.4) is 0 Å². The minimum Gasteiger partial charge on any atom is -0.0799 e. The van der Waals surface area contributed by atoms with Gasteiger partial charge in [0.05, 0.1) is 0 Å². The third-order valence-electron chi connectivity index (χ3n) is 14.1. The van der Waals surface area contributed by atoms with Gasteiger partial charge in [-0.25, -0.2) is 0 Å². The molecule has 0 heterocycles. The molecule has 2 atom stereocenters. The van der Waals surface area contributed by atoms with Gasteiger partial charge >= 0.3 is 0 Å². The smallest absolute Gasteiger partial charge is 0.00153 e. The summed E-state index contributed by atoms with van der Waals surface area (Å²) in [6.45, 7) is 51.2. The maximum absolute atomic E-state index is 2.63. The highest BCUT2D eigenvalue weighted by molar-refractivity contribution is 5.45. The Morgan fingerprint density at radius 2 is 1.26 bits per heavy atom. The highest BCUT2D eigenvalue weighted by atomic mass is 14.7. The average molecular weight is 591 g/mol. The summed E-state index contributed by atoms with van der Waals surface area (Å²) in [6, 6.07) is 7.76. The molecule has 43 heavy (non-hydrogen) atoms. The zero-order chi connectivity index (χ0) is 34.0. The van der Waals surface area contributed by atoms with Gasteiger partial charge in [0.2, 0.25) is 0 Å². The highest BCUT2D eigenvalue weighted by Gasteiger charge is 2.64. The molecular weight excluding hydrogens is 516 g/mol. The van der Waals surface area contributed by atoms with Crippen molar-refractivity contribution in [3.8, 4) is 0 Å². The molecule has 0 amide bonds. The molecule has 1 aliphatic rings. The fourth-order valence-electron chi connectivity index (χ4n) is 8.30.